The van der Waals surface area contributed by atoms with Gasteiger partial charge in [0.1, 0.15) is 5.82 Å². The van der Waals surface area contributed by atoms with Gasteiger partial charge < -0.3 is 15.0 Å². The van der Waals surface area contributed by atoms with E-state index in [0.29, 0.717) is 13.2 Å². The van der Waals surface area contributed by atoms with Crippen LogP contribution in [0.2, 0.25) is 0 Å². The minimum Gasteiger partial charge on any atom is -0.378 e. The Bertz CT molecular complexity index is 899. The molecule has 0 aliphatic carbocycles. The lowest BCUT2D eigenvalue weighted by atomic mass is 10.1. The molecule has 1 fully saturated rings. The highest BCUT2D eigenvalue weighted by molar-refractivity contribution is 5.84. The average Bonchev–Trinajstić information content (AvgIpc) is 3.26. The molecule has 0 bridgehead atoms. The first-order valence-corrected chi connectivity index (χ1v) is 9.09. The van der Waals surface area contributed by atoms with Crippen LogP contribution in [-0.4, -0.2) is 51.9 Å². The van der Waals surface area contributed by atoms with Crippen molar-refractivity contribution in [3.05, 3.63) is 46.7 Å². The first kappa shape index (κ1) is 17.2. The molecule has 3 aromatic rings. The maximum absolute atomic E-state index is 5.55. The van der Waals surface area contributed by atoms with E-state index in [4.69, 9.17) is 4.74 Å². The van der Waals surface area contributed by atoms with Crippen molar-refractivity contribution in [1.29, 1.82) is 0 Å². The number of nitrogens with zero attached hydrogens (tertiary/aromatic N) is 3. The van der Waals surface area contributed by atoms with Gasteiger partial charge in [0.05, 0.1) is 25.8 Å². The highest BCUT2D eigenvalue weighted by atomic mass is 16.5. The molecule has 0 amide bonds. The Labute approximate surface area is 153 Å². The van der Waals surface area contributed by atoms with E-state index in [1.54, 1.807) is 0 Å². The number of morpholine rings is 1. The summed E-state index contributed by atoms with van der Waals surface area (Å²) >= 11 is 0. The number of benzene rings is 1. The van der Waals surface area contributed by atoms with Crippen molar-refractivity contribution in [3.63, 3.8) is 0 Å². The minimum atomic E-state index is 0.133. The zero-order chi connectivity index (χ0) is 18.1. The second-order valence-electron chi connectivity index (χ2n) is 7.08. The van der Waals surface area contributed by atoms with Gasteiger partial charge in [-0.2, -0.15) is 5.10 Å². The topological polar surface area (TPSA) is 81.9 Å². The fraction of sp³-hybridized carbons (Fsp3) is 0.474. The molecule has 1 unspecified atom stereocenters. The van der Waals surface area contributed by atoms with Crippen LogP contribution in [0.1, 0.15) is 34.5 Å². The van der Waals surface area contributed by atoms with Crippen molar-refractivity contribution in [2.24, 2.45) is 0 Å². The lowest BCUT2D eigenvalue weighted by molar-refractivity contribution is 0.00193. The summed E-state index contributed by atoms with van der Waals surface area (Å²) < 4.78 is 5.55. The van der Waals surface area contributed by atoms with Crippen LogP contribution in [0.4, 0.5) is 0 Å². The van der Waals surface area contributed by atoms with Crippen LogP contribution in [0.15, 0.2) is 18.2 Å². The third kappa shape index (κ3) is 3.38. The van der Waals surface area contributed by atoms with Gasteiger partial charge in [-0.1, -0.05) is 6.07 Å². The van der Waals surface area contributed by atoms with Crippen molar-refractivity contribution in [3.8, 4) is 0 Å². The summed E-state index contributed by atoms with van der Waals surface area (Å²) in [5.41, 5.74) is 5.02. The normalized spacial score (nSPS) is 18.7. The van der Waals surface area contributed by atoms with E-state index in [2.05, 4.69) is 69.5 Å². The minimum absolute atomic E-state index is 0.133. The highest BCUT2D eigenvalue weighted by Crippen LogP contribution is 2.22. The van der Waals surface area contributed by atoms with Crippen LogP contribution in [0.25, 0.3) is 10.9 Å². The van der Waals surface area contributed by atoms with Crippen molar-refractivity contribution in [2.75, 3.05) is 26.8 Å². The van der Waals surface area contributed by atoms with Gasteiger partial charge in [-0.05, 0) is 44.2 Å². The second-order valence-corrected chi connectivity index (χ2v) is 7.08. The molecule has 0 spiro atoms. The number of hydrogen-bond acceptors (Lipinski definition) is 5. The third-order valence-electron chi connectivity index (χ3n) is 5.25. The average molecular weight is 354 g/mol. The number of aryl methyl sites for hydroxylation is 2. The molecular weight excluding hydrogens is 328 g/mol. The van der Waals surface area contributed by atoms with Gasteiger partial charge in [-0.25, -0.2) is 4.98 Å². The maximum atomic E-state index is 5.55. The molecule has 2 aromatic heterocycles. The lowest BCUT2D eigenvalue weighted by Gasteiger charge is -2.30. The number of aromatic nitrogens is 4. The molecule has 1 saturated heterocycles. The van der Waals surface area contributed by atoms with E-state index < -0.39 is 0 Å². The van der Waals surface area contributed by atoms with Gasteiger partial charge in [0.25, 0.3) is 0 Å². The van der Waals surface area contributed by atoms with Crippen molar-refractivity contribution >= 4 is 10.9 Å². The molecule has 0 saturated carbocycles. The van der Waals surface area contributed by atoms with E-state index in [0.717, 1.165) is 31.3 Å². The van der Waals surface area contributed by atoms with Crippen LogP contribution in [0.3, 0.4) is 0 Å². The molecule has 26 heavy (non-hydrogen) atoms. The molecule has 3 N–H and O–H groups in total. The smallest absolute Gasteiger partial charge is 0.170 e. The van der Waals surface area contributed by atoms with Gasteiger partial charge in [-0.3, -0.25) is 10.00 Å². The van der Waals surface area contributed by atoms with Crippen LogP contribution in [0, 0.1) is 13.8 Å². The fourth-order valence-electron chi connectivity index (χ4n) is 3.42. The summed E-state index contributed by atoms with van der Waals surface area (Å²) in [6.45, 7) is 8.06. The quantitative estimate of drug-likeness (QED) is 0.654. The molecule has 1 aliphatic heterocycles. The number of hydrogen-bond donors (Lipinski definition) is 3. The standard InChI is InChI=1S/C19H26N6O/c1-12-4-5-16-15(13(12)2)8-14(21-16)9-20-10-18-22-19(24-23-18)17-11-26-7-6-25(17)3/h4-5,8,17,20-21H,6-7,9-11H2,1-3H3,(H,22,23,24). The molecular formula is C19H26N6O. The number of rotatable bonds is 5. The van der Waals surface area contributed by atoms with Crippen molar-refractivity contribution in [2.45, 2.75) is 33.0 Å². The third-order valence-corrected chi connectivity index (χ3v) is 5.25. The Morgan fingerprint density at radius 1 is 1.31 bits per heavy atom. The predicted octanol–water partition coefficient (Wildman–Crippen LogP) is 2.20. The Balaban J connectivity index is 1.37. The fourth-order valence-corrected chi connectivity index (χ4v) is 3.42. The summed E-state index contributed by atoms with van der Waals surface area (Å²) in [7, 11) is 2.08. The predicted molar refractivity (Wildman–Crippen MR) is 101 cm³/mol. The number of likely N-dealkylation sites (N-methyl/N-ethyl adjacent to an activating group) is 1. The summed E-state index contributed by atoms with van der Waals surface area (Å²) in [5.74, 6) is 1.66. The van der Waals surface area contributed by atoms with Gasteiger partial charge in [0.15, 0.2) is 5.82 Å². The Morgan fingerprint density at radius 2 is 2.19 bits per heavy atom. The molecule has 7 nitrogen and oxygen atoms in total. The van der Waals surface area contributed by atoms with Gasteiger partial charge >= 0.3 is 0 Å². The van der Waals surface area contributed by atoms with Gasteiger partial charge in [-0.15, -0.1) is 0 Å². The van der Waals surface area contributed by atoms with Crippen molar-refractivity contribution in [1.82, 2.24) is 30.4 Å². The van der Waals surface area contributed by atoms with E-state index in [1.165, 1.54) is 27.7 Å². The zero-order valence-electron chi connectivity index (χ0n) is 15.6. The first-order valence-electron chi connectivity index (χ1n) is 9.09. The molecule has 138 valence electrons. The van der Waals surface area contributed by atoms with Gasteiger partial charge in [0.2, 0.25) is 0 Å². The van der Waals surface area contributed by atoms with Crippen LogP contribution in [0.5, 0.6) is 0 Å². The zero-order valence-corrected chi connectivity index (χ0v) is 15.6. The first-order chi connectivity index (χ1) is 12.6. The molecule has 1 atom stereocenters. The Morgan fingerprint density at radius 3 is 3.04 bits per heavy atom. The van der Waals surface area contributed by atoms with E-state index >= 15 is 0 Å². The lowest BCUT2D eigenvalue weighted by Crippen LogP contribution is -2.37. The number of ether oxygens (including phenoxy) is 1. The SMILES string of the molecule is Cc1ccc2[nH]c(CNCc3nc(C4COCCN4C)n[nH]3)cc2c1C. The molecule has 4 rings (SSSR count). The molecule has 7 heteroatoms. The Kier molecular flexibility index (Phi) is 4.76. The van der Waals surface area contributed by atoms with E-state index in [9.17, 15) is 0 Å². The van der Waals surface area contributed by atoms with Crippen LogP contribution >= 0.6 is 0 Å². The maximum Gasteiger partial charge on any atom is 0.170 e. The van der Waals surface area contributed by atoms with Crippen LogP contribution < -0.4 is 5.32 Å². The number of fused-ring (bicyclic) bond motifs is 1. The largest absolute Gasteiger partial charge is 0.378 e. The van der Waals surface area contributed by atoms with Crippen molar-refractivity contribution < 1.29 is 4.74 Å². The highest BCUT2D eigenvalue weighted by Gasteiger charge is 2.24. The summed E-state index contributed by atoms with van der Waals surface area (Å²) in [4.78, 5) is 10.3. The second kappa shape index (κ2) is 7.19. The molecule has 1 aromatic carbocycles. The molecule has 1 aliphatic rings. The van der Waals surface area contributed by atoms with Gasteiger partial charge in [0, 0.05) is 29.7 Å². The summed E-state index contributed by atoms with van der Waals surface area (Å²) in [5, 5.41) is 12.1. The number of aromatic amines is 2. The Hall–Kier alpha value is -2.22. The van der Waals surface area contributed by atoms with E-state index in [1.807, 2.05) is 0 Å². The number of nitrogens with one attached hydrogen (secondary N) is 3. The molecule has 0 radical (unpaired) electrons. The number of H-pyrrole nitrogens is 2. The summed E-state index contributed by atoms with van der Waals surface area (Å²) in [6.07, 6.45) is 0. The molecule has 3 heterocycles. The van der Waals surface area contributed by atoms with Crippen LogP contribution in [-0.2, 0) is 17.8 Å². The van der Waals surface area contributed by atoms with E-state index in [-0.39, 0.29) is 6.04 Å². The monoisotopic (exact) mass is 354 g/mol. The summed E-state index contributed by atoms with van der Waals surface area (Å²) in [6, 6.07) is 6.67.